The molecule has 0 aromatic heterocycles. The maximum Gasteiger partial charge on any atom is 0.243 e. The van der Waals surface area contributed by atoms with Gasteiger partial charge in [-0.25, -0.2) is 8.42 Å². The van der Waals surface area contributed by atoms with Crippen molar-refractivity contribution in [2.75, 3.05) is 32.7 Å². The molecular weight excluding hydrogens is 398 g/mol. The molecule has 2 aromatic carbocycles. The number of carbonyl (C=O) groups excluding carboxylic acids is 1. The number of piperazine rings is 1. The van der Waals surface area contributed by atoms with Crippen molar-refractivity contribution < 1.29 is 13.2 Å². The lowest BCUT2D eigenvalue weighted by atomic mass is 10.1. The normalized spacial score (nSPS) is 16.9. The van der Waals surface area contributed by atoms with Crippen LogP contribution in [0.5, 0.6) is 0 Å². The topological polar surface area (TPSA) is 69.7 Å². The minimum atomic E-state index is -3.48. The minimum Gasteiger partial charge on any atom is -0.353 e. The maximum atomic E-state index is 12.8. The second-order valence-corrected chi connectivity index (χ2v) is 9.92. The van der Waals surface area contributed by atoms with Crippen molar-refractivity contribution in [1.29, 1.82) is 0 Å². The molecule has 1 fully saturated rings. The summed E-state index contributed by atoms with van der Waals surface area (Å²) in [7, 11) is -3.48. The number of amides is 1. The quantitative estimate of drug-likeness (QED) is 0.700. The molecule has 1 aliphatic heterocycles. The van der Waals surface area contributed by atoms with Gasteiger partial charge in [0, 0.05) is 32.2 Å². The Morgan fingerprint density at radius 3 is 2.27 bits per heavy atom. The first kappa shape index (κ1) is 22.5. The standard InChI is InChI=1S/C23H31N3O3S/c1-19-8-12-22(13-9-19)30(28,29)26-16-14-25(15-17-26)18-23(27)24-20(2)10-11-21-6-4-3-5-7-21/h3-9,12-13,20H,10-11,14-18H2,1-2H3,(H,24,27). The Morgan fingerprint density at radius 2 is 1.63 bits per heavy atom. The first-order valence-electron chi connectivity index (χ1n) is 10.5. The second kappa shape index (κ2) is 10.2. The Kier molecular flexibility index (Phi) is 7.64. The van der Waals surface area contributed by atoms with Crippen LogP contribution < -0.4 is 5.32 Å². The molecule has 0 bridgehead atoms. The molecule has 1 atom stereocenters. The van der Waals surface area contributed by atoms with Gasteiger partial charge in [-0.1, -0.05) is 48.0 Å². The Labute approximate surface area is 179 Å². The van der Waals surface area contributed by atoms with E-state index in [9.17, 15) is 13.2 Å². The van der Waals surface area contributed by atoms with Gasteiger partial charge in [-0.2, -0.15) is 4.31 Å². The first-order valence-corrected chi connectivity index (χ1v) is 11.9. The first-order chi connectivity index (χ1) is 14.3. The number of hydrogen-bond donors (Lipinski definition) is 1. The van der Waals surface area contributed by atoms with Gasteiger partial charge in [0.25, 0.3) is 0 Å². The lowest BCUT2D eigenvalue weighted by molar-refractivity contribution is -0.123. The Morgan fingerprint density at radius 1 is 1.00 bits per heavy atom. The van der Waals surface area contributed by atoms with E-state index in [2.05, 4.69) is 17.4 Å². The average molecular weight is 430 g/mol. The molecule has 0 saturated carbocycles. The van der Waals surface area contributed by atoms with E-state index in [-0.39, 0.29) is 11.9 Å². The van der Waals surface area contributed by atoms with Crippen molar-refractivity contribution in [2.24, 2.45) is 0 Å². The summed E-state index contributed by atoms with van der Waals surface area (Å²) < 4.78 is 27.1. The zero-order valence-corrected chi connectivity index (χ0v) is 18.6. The van der Waals surface area contributed by atoms with Gasteiger partial charge in [0.05, 0.1) is 11.4 Å². The molecule has 1 N–H and O–H groups in total. The number of nitrogens with one attached hydrogen (secondary N) is 1. The predicted octanol–water partition coefficient (Wildman–Crippen LogP) is 2.44. The number of hydrogen-bond acceptors (Lipinski definition) is 4. The summed E-state index contributed by atoms with van der Waals surface area (Å²) in [6.45, 7) is 6.15. The van der Waals surface area contributed by atoms with Gasteiger partial charge in [0.2, 0.25) is 15.9 Å². The highest BCUT2D eigenvalue weighted by molar-refractivity contribution is 7.89. The summed E-state index contributed by atoms with van der Waals surface area (Å²) in [5.74, 6) is -0.00889. The smallest absolute Gasteiger partial charge is 0.243 e. The fourth-order valence-corrected chi connectivity index (χ4v) is 5.03. The molecule has 162 valence electrons. The lowest BCUT2D eigenvalue weighted by Gasteiger charge is -2.33. The zero-order valence-electron chi connectivity index (χ0n) is 17.8. The van der Waals surface area contributed by atoms with Crippen LogP contribution in [0.15, 0.2) is 59.5 Å². The summed E-state index contributed by atoms with van der Waals surface area (Å²) in [5, 5.41) is 3.06. The van der Waals surface area contributed by atoms with Crippen LogP contribution in [-0.2, 0) is 21.2 Å². The minimum absolute atomic E-state index is 0.00889. The SMILES string of the molecule is Cc1ccc(S(=O)(=O)N2CCN(CC(=O)NC(C)CCc3ccccc3)CC2)cc1. The third kappa shape index (κ3) is 6.14. The van der Waals surface area contributed by atoms with Crippen LogP contribution in [0.2, 0.25) is 0 Å². The maximum absolute atomic E-state index is 12.8. The Bertz CT molecular complexity index is 922. The van der Waals surface area contributed by atoms with E-state index >= 15 is 0 Å². The van der Waals surface area contributed by atoms with E-state index in [1.54, 1.807) is 12.1 Å². The highest BCUT2D eigenvalue weighted by Gasteiger charge is 2.29. The van der Waals surface area contributed by atoms with Gasteiger partial charge in [-0.3, -0.25) is 9.69 Å². The van der Waals surface area contributed by atoms with Crippen LogP contribution in [0.1, 0.15) is 24.5 Å². The van der Waals surface area contributed by atoms with Crippen molar-refractivity contribution in [3.05, 3.63) is 65.7 Å². The van der Waals surface area contributed by atoms with E-state index < -0.39 is 10.0 Å². The van der Waals surface area contributed by atoms with Crippen molar-refractivity contribution in [1.82, 2.24) is 14.5 Å². The van der Waals surface area contributed by atoms with Crippen LogP contribution in [0.4, 0.5) is 0 Å². The van der Waals surface area contributed by atoms with Gasteiger partial charge < -0.3 is 5.32 Å². The molecule has 1 aliphatic rings. The summed E-state index contributed by atoms with van der Waals surface area (Å²) in [4.78, 5) is 14.7. The molecule has 1 saturated heterocycles. The summed E-state index contributed by atoms with van der Waals surface area (Å²) in [6.07, 6.45) is 1.82. The van der Waals surface area contributed by atoms with E-state index in [1.807, 2.05) is 49.1 Å². The number of aryl methyl sites for hydroxylation is 2. The highest BCUT2D eigenvalue weighted by Crippen LogP contribution is 2.18. The molecule has 6 nitrogen and oxygen atoms in total. The Hall–Kier alpha value is -2.22. The van der Waals surface area contributed by atoms with Crippen LogP contribution >= 0.6 is 0 Å². The molecule has 7 heteroatoms. The van der Waals surface area contributed by atoms with E-state index in [4.69, 9.17) is 0 Å². The third-order valence-corrected chi connectivity index (χ3v) is 7.39. The molecule has 0 radical (unpaired) electrons. The molecule has 0 aliphatic carbocycles. The van der Waals surface area contributed by atoms with Gasteiger partial charge in [0.15, 0.2) is 0 Å². The molecule has 1 unspecified atom stereocenters. The molecule has 2 aromatic rings. The van der Waals surface area contributed by atoms with Crippen molar-refractivity contribution >= 4 is 15.9 Å². The number of benzene rings is 2. The average Bonchev–Trinajstić information content (AvgIpc) is 2.73. The summed E-state index contributed by atoms with van der Waals surface area (Å²) in [5.41, 5.74) is 2.30. The predicted molar refractivity (Wildman–Crippen MR) is 119 cm³/mol. The fraction of sp³-hybridized carbons (Fsp3) is 0.435. The van der Waals surface area contributed by atoms with E-state index in [1.165, 1.54) is 9.87 Å². The van der Waals surface area contributed by atoms with Crippen molar-refractivity contribution in [2.45, 2.75) is 37.6 Å². The molecule has 0 spiro atoms. The van der Waals surface area contributed by atoms with Crippen LogP contribution in [0.25, 0.3) is 0 Å². The molecule has 30 heavy (non-hydrogen) atoms. The van der Waals surface area contributed by atoms with E-state index in [0.717, 1.165) is 18.4 Å². The van der Waals surface area contributed by atoms with E-state index in [0.29, 0.717) is 37.6 Å². The number of sulfonamides is 1. The Balaban J connectivity index is 1.42. The van der Waals surface area contributed by atoms with Crippen molar-refractivity contribution in [3.8, 4) is 0 Å². The zero-order chi connectivity index (χ0) is 21.6. The molecule has 1 heterocycles. The van der Waals surface area contributed by atoms with Gasteiger partial charge in [-0.15, -0.1) is 0 Å². The van der Waals surface area contributed by atoms with Crippen molar-refractivity contribution in [3.63, 3.8) is 0 Å². The molecular formula is C23H31N3O3S. The number of nitrogens with zero attached hydrogens (tertiary/aromatic N) is 2. The molecule has 3 rings (SSSR count). The number of rotatable bonds is 8. The highest BCUT2D eigenvalue weighted by atomic mass is 32.2. The monoisotopic (exact) mass is 429 g/mol. The van der Waals surface area contributed by atoms with Gasteiger partial charge in [-0.05, 0) is 44.4 Å². The van der Waals surface area contributed by atoms with Gasteiger partial charge in [0.1, 0.15) is 0 Å². The lowest BCUT2D eigenvalue weighted by Crippen LogP contribution is -2.51. The van der Waals surface area contributed by atoms with Crippen LogP contribution in [0, 0.1) is 6.92 Å². The largest absolute Gasteiger partial charge is 0.353 e. The summed E-state index contributed by atoms with van der Waals surface area (Å²) >= 11 is 0. The number of carbonyl (C=O) groups is 1. The second-order valence-electron chi connectivity index (χ2n) is 7.99. The van der Waals surface area contributed by atoms with Crippen LogP contribution in [-0.4, -0.2) is 62.3 Å². The van der Waals surface area contributed by atoms with Gasteiger partial charge >= 0.3 is 0 Å². The fourth-order valence-electron chi connectivity index (χ4n) is 3.61. The summed E-state index contributed by atoms with van der Waals surface area (Å²) in [6, 6.07) is 17.3. The molecule has 1 amide bonds. The van der Waals surface area contributed by atoms with Crippen LogP contribution in [0.3, 0.4) is 0 Å². The third-order valence-electron chi connectivity index (χ3n) is 5.47.